The summed E-state index contributed by atoms with van der Waals surface area (Å²) in [5, 5.41) is 0. The average Bonchev–Trinajstić information content (AvgIpc) is 2.42. The van der Waals surface area contributed by atoms with Crippen LogP contribution in [-0.2, 0) is 6.42 Å². The number of para-hydroxylation sites is 1. The molecule has 2 rings (SSSR count). The Morgan fingerprint density at radius 3 is 2.78 bits per heavy atom. The van der Waals surface area contributed by atoms with Crippen LogP contribution in [0.5, 0.6) is 11.5 Å². The van der Waals surface area contributed by atoms with E-state index in [1.807, 2.05) is 30.3 Å². The molecule has 0 saturated heterocycles. The van der Waals surface area contributed by atoms with E-state index in [-0.39, 0.29) is 6.04 Å². The number of benzene rings is 1. The monoisotopic (exact) mass is 242 g/mol. The number of aromatic nitrogens is 1. The van der Waals surface area contributed by atoms with Crippen molar-refractivity contribution in [2.75, 3.05) is 0 Å². The largest absolute Gasteiger partial charge is 0.455 e. The van der Waals surface area contributed by atoms with Gasteiger partial charge >= 0.3 is 0 Å². The van der Waals surface area contributed by atoms with E-state index in [0.717, 1.165) is 29.9 Å². The molecule has 1 aromatic carbocycles. The predicted octanol–water partition coefficient (Wildman–Crippen LogP) is 3.15. The summed E-state index contributed by atoms with van der Waals surface area (Å²) in [4.78, 5) is 4.04. The van der Waals surface area contributed by atoms with Crippen LogP contribution in [0.2, 0.25) is 0 Å². The quantitative estimate of drug-likeness (QED) is 0.876. The van der Waals surface area contributed by atoms with Gasteiger partial charge in [0.1, 0.15) is 11.5 Å². The second kappa shape index (κ2) is 6.17. The zero-order valence-corrected chi connectivity index (χ0v) is 10.5. The maximum Gasteiger partial charge on any atom is 0.145 e. The van der Waals surface area contributed by atoms with Crippen LogP contribution in [0.1, 0.15) is 18.9 Å². The highest BCUT2D eigenvalue weighted by molar-refractivity contribution is 5.37. The molecule has 3 heteroatoms. The molecule has 94 valence electrons. The molecule has 0 aliphatic carbocycles. The minimum absolute atomic E-state index is 0.170. The minimum atomic E-state index is 0.170. The minimum Gasteiger partial charge on any atom is -0.455 e. The van der Waals surface area contributed by atoms with Crippen molar-refractivity contribution in [1.29, 1.82) is 0 Å². The zero-order chi connectivity index (χ0) is 12.8. The Kier molecular flexibility index (Phi) is 4.31. The SMILES string of the molecule is CCC(N)Cc1ccccc1Oc1cccnc1. The fourth-order valence-corrected chi connectivity index (χ4v) is 1.73. The van der Waals surface area contributed by atoms with Crippen LogP contribution < -0.4 is 10.5 Å². The van der Waals surface area contributed by atoms with E-state index in [1.165, 1.54) is 0 Å². The summed E-state index contributed by atoms with van der Waals surface area (Å²) in [6.45, 7) is 2.09. The van der Waals surface area contributed by atoms with Crippen LogP contribution in [0.15, 0.2) is 48.8 Å². The van der Waals surface area contributed by atoms with Crippen LogP contribution in [0, 0.1) is 0 Å². The van der Waals surface area contributed by atoms with Crippen molar-refractivity contribution in [3.63, 3.8) is 0 Å². The Hall–Kier alpha value is -1.87. The molecule has 1 unspecified atom stereocenters. The zero-order valence-electron chi connectivity index (χ0n) is 10.5. The van der Waals surface area contributed by atoms with Gasteiger partial charge in [0.2, 0.25) is 0 Å². The number of ether oxygens (including phenoxy) is 1. The lowest BCUT2D eigenvalue weighted by Gasteiger charge is -2.13. The Morgan fingerprint density at radius 2 is 2.06 bits per heavy atom. The van der Waals surface area contributed by atoms with Gasteiger partial charge in [-0.05, 0) is 36.6 Å². The van der Waals surface area contributed by atoms with Crippen LogP contribution in [0.4, 0.5) is 0 Å². The summed E-state index contributed by atoms with van der Waals surface area (Å²) >= 11 is 0. The molecule has 0 radical (unpaired) electrons. The van der Waals surface area contributed by atoms with Gasteiger partial charge in [0.05, 0.1) is 6.20 Å². The molecule has 3 nitrogen and oxygen atoms in total. The van der Waals surface area contributed by atoms with Crippen LogP contribution in [0.3, 0.4) is 0 Å². The van der Waals surface area contributed by atoms with Crippen LogP contribution >= 0.6 is 0 Å². The topological polar surface area (TPSA) is 48.1 Å². The van der Waals surface area contributed by atoms with E-state index in [1.54, 1.807) is 12.4 Å². The van der Waals surface area contributed by atoms with Gasteiger partial charge in [-0.1, -0.05) is 25.1 Å². The second-order valence-electron chi connectivity index (χ2n) is 4.27. The van der Waals surface area contributed by atoms with E-state index >= 15 is 0 Å². The van der Waals surface area contributed by atoms with Crippen molar-refractivity contribution in [3.05, 3.63) is 54.4 Å². The predicted molar refractivity (Wildman–Crippen MR) is 72.7 cm³/mol. The Morgan fingerprint density at radius 1 is 1.22 bits per heavy atom. The number of hydrogen-bond acceptors (Lipinski definition) is 3. The maximum atomic E-state index is 6.00. The van der Waals surface area contributed by atoms with Gasteiger partial charge in [-0.2, -0.15) is 0 Å². The average molecular weight is 242 g/mol. The third kappa shape index (κ3) is 3.31. The summed E-state index contributed by atoms with van der Waals surface area (Å²) in [5.41, 5.74) is 7.13. The van der Waals surface area contributed by atoms with Crippen molar-refractivity contribution in [2.24, 2.45) is 5.73 Å². The molecule has 0 fully saturated rings. The molecule has 18 heavy (non-hydrogen) atoms. The van der Waals surface area contributed by atoms with Crippen molar-refractivity contribution >= 4 is 0 Å². The van der Waals surface area contributed by atoms with E-state index in [0.29, 0.717) is 0 Å². The molecule has 0 saturated carbocycles. The maximum absolute atomic E-state index is 6.00. The van der Waals surface area contributed by atoms with Gasteiger partial charge in [-0.25, -0.2) is 0 Å². The Labute approximate surface area is 108 Å². The molecule has 0 aliphatic heterocycles. The van der Waals surface area contributed by atoms with E-state index in [2.05, 4.69) is 18.0 Å². The first kappa shape index (κ1) is 12.6. The molecule has 1 heterocycles. The standard InChI is InChI=1S/C15H18N2O/c1-2-13(16)10-12-6-3-4-8-15(12)18-14-7-5-9-17-11-14/h3-9,11,13H,2,10,16H2,1H3. The first-order valence-electron chi connectivity index (χ1n) is 6.21. The molecule has 0 bridgehead atoms. The van der Waals surface area contributed by atoms with Crippen molar-refractivity contribution in [1.82, 2.24) is 4.98 Å². The van der Waals surface area contributed by atoms with Crippen molar-refractivity contribution in [3.8, 4) is 11.5 Å². The summed E-state index contributed by atoms with van der Waals surface area (Å²) in [6, 6.07) is 11.9. The third-order valence-electron chi connectivity index (χ3n) is 2.84. The number of pyridine rings is 1. The van der Waals surface area contributed by atoms with E-state index < -0.39 is 0 Å². The summed E-state index contributed by atoms with van der Waals surface area (Å²) in [7, 11) is 0. The van der Waals surface area contributed by atoms with Crippen molar-refractivity contribution < 1.29 is 4.74 Å². The highest BCUT2D eigenvalue weighted by Crippen LogP contribution is 2.25. The van der Waals surface area contributed by atoms with E-state index in [4.69, 9.17) is 10.5 Å². The molecule has 0 aliphatic rings. The normalized spacial score (nSPS) is 12.1. The highest BCUT2D eigenvalue weighted by Gasteiger charge is 2.08. The summed E-state index contributed by atoms with van der Waals surface area (Å²) in [5.74, 6) is 1.60. The molecule has 0 spiro atoms. The highest BCUT2D eigenvalue weighted by atomic mass is 16.5. The molecule has 2 N–H and O–H groups in total. The Balaban J connectivity index is 2.17. The molecular weight excluding hydrogens is 224 g/mol. The number of rotatable bonds is 5. The van der Waals surface area contributed by atoms with Gasteiger partial charge in [-0.3, -0.25) is 4.98 Å². The van der Waals surface area contributed by atoms with Crippen LogP contribution in [0.25, 0.3) is 0 Å². The second-order valence-corrected chi connectivity index (χ2v) is 4.27. The lowest BCUT2D eigenvalue weighted by molar-refractivity contribution is 0.470. The van der Waals surface area contributed by atoms with Gasteiger partial charge in [0, 0.05) is 12.2 Å². The van der Waals surface area contributed by atoms with Gasteiger partial charge in [-0.15, -0.1) is 0 Å². The van der Waals surface area contributed by atoms with Crippen molar-refractivity contribution in [2.45, 2.75) is 25.8 Å². The lowest BCUT2D eigenvalue weighted by atomic mass is 10.0. The Bertz CT molecular complexity index is 485. The lowest BCUT2D eigenvalue weighted by Crippen LogP contribution is -2.21. The smallest absolute Gasteiger partial charge is 0.145 e. The fraction of sp³-hybridized carbons (Fsp3) is 0.267. The summed E-state index contributed by atoms with van der Waals surface area (Å²) < 4.78 is 5.84. The first-order valence-corrected chi connectivity index (χ1v) is 6.21. The fourth-order valence-electron chi connectivity index (χ4n) is 1.73. The van der Waals surface area contributed by atoms with Gasteiger partial charge in [0.25, 0.3) is 0 Å². The molecule has 1 atom stereocenters. The van der Waals surface area contributed by atoms with Crippen LogP contribution in [-0.4, -0.2) is 11.0 Å². The number of nitrogens with zero attached hydrogens (tertiary/aromatic N) is 1. The summed E-state index contributed by atoms with van der Waals surface area (Å²) in [6.07, 6.45) is 5.22. The first-order chi connectivity index (χ1) is 8.79. The molecular formula is C15H18N2O. The van der Waals surface area contributed by atoms with E-state index in [9.17, 15) is 0 Å². The molecule has 2 aromatic rings. The third-order valence-corrected chi connectivity index (χ3v) is 2.84. The number of nitrogens with two attached hydrogens (primary N) is 1. The van der Waals surface area contributed by atoms with Gasteiger partial charge < -0.3 is 10.5 Å². The number of hydrogen-bond donors (Lipinski definition) is 1. The van der Waals surface area contributed by atoms with Gasteiger partial charge in [0.15, 0.2) is 0 Å². The molecule has 1 aromatic heterocycles. The molecule has 0 amide bonds.